The van der Waals surface area contributed by atoms with Gasteiger partial charge >= 0.3 is 0 Å². The standard InChI is InChI=1S/C13H11N3O2S/c14-9-10-4-1-2-7-13(10)19(17,18)16-12-6-3-5-11(15)8-12/h1-8,16H,15H2. The van der Waals surface area contributed by atoms with Crippen LogP contribution < -0.4 is 10.5 Å². The average Bonchev–Trinajstić information content (AvgIpc) is 2.38. The lowest BCUT2D eigenvalue weighted by atomic mass is 10.2. The van der Waals surface area contributed by atoms with Crippen molar-refractivity contribution in [3.05, 3.63) is 54.1 Å². The third kappa shape index (κ3) is 2.84. The van der Waals surface area contributed by atoms with Crippen molar-refractivity contribution in [3.8, 4) is 6.07 Å². The van der Waals surface area contributed by atoms with Crippen molar-refractivity contribution in [1.29, 1.82) is 5.26 Å². The molecular formula is C13H11N3O2S. The lowest BCUT2D eigenvalue weighted by Crippen LogP contribution is -2.14. The number of hydrogen-bond donors (Lipinski definition) is 2. The average molecular weight is 273 g/mol. The van der Waals surface area contributed by atoms with Crippen LogP contribution in [0.25, 0.3) is 0 Å². The van der Waals surface area contributed by atoms with Gasteiger partial charge in [0, 0.05) is 5.69 Å². The largest absolute Gasteiger partial charge is 0.399 e. The molecule has 0 radical (unpaired) electrons. The van der Waals surface area contributed by atoms with E-state index in [0.29, 0.717) is 11.4 Å². The zero-order valence-corrected chi connectivity index (χ0v) is 10.7. The van der Waals surface area contributed by atoms with E-state index in [0.717, 1.165) is 0 Å². The number of anilines is 2. The molecule has 0 aliphatic rings. The number of nitrogens with zero attached hydrogens (tertiary/aromatic N) is 1. The third-order valence-electron chi connectivity index (χ3n) is 2.44. The highest BCUT2D eigenvalue weighted by Gasteiger charge is 2.18. The number of nitrogen functional groups attached to an aromatic ring is 1. The Hall–Kier alpha value is -2.52. The van der Waals surface area contributed by atoms with Gasteiger partial charge in [-0.05, 0) is 30.3 Å². The van der Waals surface area contributed by atoms with E-state index in [1.165, 1.54) is 18.2 Å². The predicted molar refractivity (Wildman–Crippen MR) is 72.8 cm³/mol. The van der Waals surface area contributed by atoms with Crippen LogP contribution in [0.15, 0.2) is 53.4 Å². The molecule has 5 nitrogen and oxygen atoms in total. The van der Waals surface area contributed by atoms with Crippen LogP contribution in [0.3, 0.4) is 0 Å². The summed E-state index contributed by atoms with van der Waals surface area (Å²) < 4.78 is 26.8. The minimum atomic E-state index is -3.80. The van der Waals surface area contributed by atoms with Crippen LogP contribution in [0, 0.1) is 11.3 Å². The minimum Gasteiger partial charge on any atom is -0.399 e. The molecule has 6 heteroatoms. The number of nitrogens with two attached hydrogens (primary N) is 1. The Morgan fingerprint density at radius 1 is 1.11 bits per heavy atom. The molecule has 0 aromatic heterocycles. The second-order valence-electron chi connectivity index (χ2n) is 3.84. The summed E-state index contributed by atoms with van der Waals surface area (Å²) in [5, 5.41) is 8.93. The van der Waals surface area contributed by atoms with Gasteiger partial charge in [-0.1, -0.05) is 18.2 Å². The van der Waals surface area contributed by atoms with Gasteiger partial charge in [-0.3, -0.25) is 4.72 Å². The molecular weight excluding hydrogens is 262 g/mol. The Kier molecular flexibility index (Phi) is 3.40. The number of benzene rings is 2. The molecule has 0 aliphatic carbocycles. The number of nitriles is 1. The molecule has 96 valence electrons. The lowest BCUT2D eigenvalue weighted by Gasteiger charge is -2.09. The Morgan fingerprint density at radius 2 is 1.84 bits per heavy atom. The Balaban J connectivity index is 2.41. The first-order chi connectivity index (χ1) is 9.03. The molecule has 0 saturated carbocycles. The van der Waals surface area contributed by atoms with E-state index in [1.54, 1.807) is 30.3 Å². The second kappa shape index (κ2) is 5.00. The molecule has 0 aliphatic heterocycles. The highest BCUT2D eigenvalue weighted by Crippen LogP contribution is 2.20. The first kappa shape index (κ1) is 12.9. The van der Waals surface area contributed by atoms with Gasteiger partial charge in [0.05, 0.1) is 11.3 Å². The molecule has 0 fully saturated rings. The number of rotatable bonds is 3. The normalized spacial score (nSPS) is 10.7. The van der Waals surface area contributed by atoms with Crippen molar-refractivity contribution in [3.63, 3.8) is 0 Å². The van der Waals surface area contributed by atoms with Gasteiger partial charge in [-0.15, -0.1) is 0 Å². The van der Waals surface area contributed by atoms with Gasteiger partial charge in [0.15, 0.2) is 0 Å². The highest BCUT2D eigenvalue weighted by atomic mass is 32.2. The van der Waals surface area contributed by atoms with E-state index in [-0.39, 0.29) is 10.5 Å². The summed E-state index contributed by atoms with van der Waals surface area (Å²) >= 11 is 0. The number of nitrogens with one attached hydrogen (secondary N) is 1. The fourth-order valence-electron chi connectivity index (χ4n) is 1.61. The van der Waals surface area contributed by atoms with Crippen molar-refractivity contribution >= 4 is 21.4 Å². The maximum atomic E-state index is 12.2. The molecule has 0 heterocycles. The second-order valence-corrected chi connectivity index (χ2v) is 5.49. The van der Waals surface area contributed by atoms with Crippen LogP contribution in [0.2, 0.25) is 0 Å². The van der Waals surface area contributed by atoms with Crippen LogP contribution in [0.4, 0.5) is 11.4 Å². The third-order valence-corrected chi connectivity index (χ3v) is 3.88. The van der Waals surface area contributed by atoms with Crippen LogP contribution in [0.5, 0.6) is 0 Å². The van der Waals surface area contributed by atoms with Gasteiger partial charge in [-0.2, -0.15) is 5.26 Å². The Bertz CT molecular complexity index is 748. The maximum Gasteiger partial charge on any atom is 0.263 e. The predicted octanol–water partition coefficient (Wildman–Crippen LogP) is 1.94. The van der Waals surface area contributed by atoms with E-state index < -0.39 is 10.0 Å². The molecule has 0 bridgehead atoms. The van der Waals surface area contributed by atoms with Crippen LogP contribution >= 0.6 is 0 Å². The fourth-order valence-corrected chi connectivity index (χ4v) is 2.81. The van der Waals surface area contributed by atoms with Crippen LogP contribution in [-0.2, 0) is 10.0 Å². The Labute approximate surface area is 111 Å². The maximum absolute atomic E-state index is 12.2. The highest BCUT2D eigenvalue weighted by molar-refractivity contribution is 7.92. The summed E-state index contributed by atoms with van der Waals surface area (Å²) in [6.45, 7) is 0. The summed E-state index contributed by atoms with van der Waals surface area (Å²) in [6.07, 6.45) is 0. The van der Waals surface area contributed by atoms with Crippen LogP contribution in [-0.4, -0.2) is 8.42 Å². The van der Waals surface area contributed by atoms with Gasteiger partial charge < -0.3 is 5.73 Å². The summed E-state index contributed by atoms with van der Waals surface area (Å²) in [5.74, 6) is 0. The molecule has 19 heavy (non-hydrogen) atoms. The van der Waals surface area contributed by atoms with E-state index >= 15 is 0 Å². The van der Waals surface area contributed by atoms with Crippen molar-refractivity contribution in [1.82, 2.24) is 0 Å². The molecule has 2 rings (SSSR count). The van der Waals surface area contributed by atoms with Crippen LogP contribution in [0.1, 0.15) is 5.56 Å². The lowest BCUT2D eigenvalue weighted by molar-refractivity contribution is 0.601. The quantitative estimate of drug-likeness (QED) is 0.835. The first-order valence-corrected chi connectivity index (χ1v) is 6.89. The van der Waals surface area contributed by atoms with E-state index in [2.05, 4.69) is 4.72 Å². The SMILES string of the molecule is N#Cc1ccccc1S(=O)(=O)Nc1cccc(N)c1. The van der Waals surface area contributed by atoms with Gasteiger partial charge in [0.25, 0.3) is 10.0 Å². The summed E-state index contributed by atoms with van der Waals surface area (Å²) in [5.41, 5.74) is 6.49. The molecule has 0 amide bonds. The topological polar surface area (TPSA) is 96.0 Å². The van der Waals surface area contributed by atoms with Crippen molar-refractivity contribution in [2.45, 2.75) is 4.90 Å². The summed E-state index contributed by atoms with van der Waals surface area (Å²) in [7, 11) is -3.80. The van der Waals surface area contributed by atoms with Crippen molar-refractivity contribution in [2.24, 2.45) is 0 Å². The zero-order valence-electron chi connectivity index (χ0n) is 9.87. The van der Waals surface area contributed by atoms with Gasteiger partial charge in [-0.25, -0.2) is 8.42 Å². The molecule has 0 spiro atoms. The monoisotopic (exact) mass is 273 g/mol. The van der Waals surface area contributed by atoms with Gasteiger partial charge in [0.2, 0.25) is 0 Å². The zero-order chi connectivity index (χ0) is 13.9. The molecule has 0 atom stereocenters. The van der Waals surface area contributed by atoms with E-state index in [1.807, 2.05) is 6.07 Å². The van der Waals surface area contributed by atoms with Crippen molar-refractivity contribution in [2.75, 3.05) is 10.5 Å². The summed E-state index contributed by atoms with van der Waals surface area (Å²) in [6, 6.07) is 14.3. The molecule has 0 unspecified atom stereocenters. The summed E-state index contributed by atoms with van der Waals surface area (Å²) in [4.78, 5) is -0.0556. The molecule has 2 aromatic carbocycles. The smallest absolute Gasteiger partial charge is 0.263 e. The first-order valence-electron chi connectivity index (χ1n) is 5.40. The van der Waals surface area contributed by atoms with Gasteiger partial charge in [0.1, 0.15) is 11.0 Å². The number of hydrogen-bond acceptors (Lipinski definition) is 4. The Morgan fingerprint density at radius 3 is 2.53 bits per heavy atom. The molecule has 3 N–H and O–H groups in total. The van der Waals surface area contributed by atoms with Crippen molar-refractivity contribution < 1.29 is 8.42 Å². The molecule has 2 aromatic rings. The van der Waals surface area contributed by atoms with E-state index in [9.17, 15) is 8.42 Å². The number of sulfonamides is 1. The van der Waals surface area contributed by atoms with E-state index in [4.69, 9.17) is 11.0 Å². The molecule has 0 saturated heterocycles. The fraction of sp³-hybridized carbons (Fsp3) is 0. The minimum absolute atomic E-state index is 0.0556.